The van der Waals surface area contributed by atoms with Crippen LogP contribution in [-0.4, -0.2) is 54.1 Å². The van der Waals surface area contributed by atoms with E-state index in [9.17, 15) is 4.79 Å². The molecule has 0 aromatic carbocycles. The van der Waals surface area contributed by atoms with Gasteiger partial charge in [0, 0.05) is 11.8 Å². The number of ether oxygens (including phenoxy) is 1. The van der Waals surface area contributed by atoms with E-state index in [-0.39, 0.29) is 24.2 Å². The van der Waals surface area contributed by atoms with Gasteiger partial charge in [0.1, 0.15) is 4.32 Å². The largest absolute Gasteiger partial charge is 0.413 e. The van der Waals surface area contributed by atoms with Gasteiger partial charge in [0.25, 0.3) is 0 Å². The molecule has 0 aromatic heterocycles. The Kier molecular flexibility index (Phi) is 9.62. The number of carbonyl (C=O) groups excluding carboxylic acids is 1. The lowest BCUT2D eigenvalue weighted by atomic mass is 10.0. The summed E-state index contributed by atoms with van der Waals surface area (Å²) in [4.78, 5) is 14.8. The van der Waals surface area contributed by atoms with Crippen LogP contribution in [0.1, 0.15) is 68.2 Å². The summed E-state index contributed by atoms with van der Waals surface area (Å²) in [6.45, 7) is 18.7. The van der Waals surface area contributed by atoms with Crippen molar-refractivity contribution in [2.24, 2.45) is 5.92 Å². The molecule has 2 heterocycles. The summed E-state index contributed by atoms with van der Waals surface area (Å²) in [5.41, 5.74) is 1.65. The average molecular weight is 472 g/mol. The Bertz CT molecular complexity index is 614. The van der Waals surface area contributed by atoms with Crippen molar-refractivity contribution in [2.45, 2.75) is 103 Å². The van der Waals surface area contributed by atoms with Gasteiger partial charge in [-0.05, 0) is 29.0 Å². The molecule has 7 heteroatoms. The maximum atomic E-state index is 13.0. The minimum Gasteiger partial charge on any atom is -0.413 e. The third-order valence-corrected chi connectivity index (χ3v) is 14.2. The predicted octanol–water partition coefficient (Wildman–Crippen LogP) is 6.17. The highest BCUT2D eigenvalue weighted by atomic mass is 32.2. The van der Waals surface area contributed by atoms with Crippen LogP contribution in [0.5, 0.6) is 0 Å². The zero-order valence-electron chi connectivity index (χ0n) is 20.0. The van der Waals surface area contributed by atoms with Crippen LogP contribution in [0, 0.1) is 5.92 Å². The van der Waals surface area contributed by atoms with Crippen LogP contribution < -0.4 is 0 Å². The molecule has 0 unspecified atom stereocenters. The van der Waals surface area contributed by atoms with Crippen molar-refractivity contribution in [1.29, 1.82) is 0 Å². The van der Waals surface area contributed by atoms with E-state index in [0.29, 0.717) is 39.9 Å². The van der Waals surface area contributed by atoms with E-state index < -0.39 is 8.32 Å². The number of thiocarbonyl (C=S) groups is 1. The second-order valence-corrected chi connectivity index (χ2v) is 17.1. The second kappa shape index (κ2) is 11.1. The van der Waals surface area contributed by atoms with Crippen LogP contribution in [0.4, 0.5) is 0 Å². The smallest absolute Gasteiger partial charge is 0.231 e. The highest BCUT2D eigenvalue weighted by Crippen LogP contribution is 2.42. The van der Waals surface area contributed by atoms with Gasteiger partial charge in [0.2, 0.25) is 5.91 Å². The maximum Gasteiger partial charge on any atom is 0.231 e. The Balaban J connectivity index is 1.99. The van der Waals surface area contributed by atoms with Crippen molar-refractivity contribution in [1.82, 2.24) is 4.90 Å². The van der Waals surface area contributed by atoms with Gasteiger partial charge in [-0.15, -0.1) is 0 Å². The highest BCUT2D eigenvalue weighted by molar-refractivity contribution is 8.23. The molecule has 0 N–H and O–H groups in total. The number of thioether (sulfide) groups is 1. The zero-order chi connectivity index (χ0) is 22.6. The van der Waals surface area contributed by atoms with Crippen LogP contribution in [0.2, 0.25) is 16.6 Å². The fourth-order valence-electron chi connectivity index (χ4n) is 5.17. The summed E-state index contributed by atoms with van der Waals surface area (Å²) in [6, 6.07) is 0.191. The lowest BCUT2D eigenvalue weighted by Gasteiger charge is -2.43. The van der Waals surface area contributed by atoms with Gasteiger partial charge in [-0.25, -0.2) is 0 Å². The molecule has 0 spiro atoms. The molecular weight excluding hydrogens is 430 g/mol. The molecule has 2 aliphatic rings. The monoisotopic (exact) mass is 471 g/mol. The first-order valence-corrected chi connectivity index (χ1v) is 15.0. The molecule has 2 aliphatic heterocycles. The number of carbonyl (C=O) groups is 1. The first-order chi connectivity index (χ1) is 14.0. The highest BCUT2D eigenvalue weighted by Gasteiger charge is 2.45. The predicted molar refractivity (Wildman–Crippen MR) is 135 cm³/mol. The van der Waals surface area contributed by atoms with Crippen molar-refractivity contribution in [3.8, 4) is 0 Å². The Morgan fingerprint density at radius 3 is 2.33 bits per heavy atom. The van der Waals surface area contributed by atoms with Gasteiger partial charge in [-0.1, -0.05) is 91.5 Å². The Hall–Kier alpha value is -0.213. The summed E-state index contributed by atoms with van der Waals surface area (Å²) < 4.78 is 13.7. The molecule has 1 saturated heterocycles. The van der Waals surface area contributed by atoms with Crippen molar-refractivity contribution < 1.29 is 14.0 Å². The Labute approximate surface area is 194 Å². The molecular formula is C23H41NO3S2Si. The Morgan fingerprint density at radius 2 is 1.80 bits per heavy atom. The van der Waals surface area contributed by atoms with Gasteiger partial charge in [-0.2, -0.15) is 0 Å². The molecule has 0 radical (unpaired) electrons. The summed E-state index contributed by atoms with van der Waals surface area (Å²) >= 11 is 7.07. The molecule has 0 bridgehead atoms. The van der Waals surface area contributed by atoms with Gasteiger partial charge >= 0.3 is 0 Å². The number of nitrogens with zero attached hydrogens (tertiary/aromatic N) is 1. The summed E-state index contributed by atoms with van der Waals surface area (Å²) in [5, 5.41) is 0. The van der Waals surface area contributed by atoms with E-state index in [4.69, 9.17) is 21.4 Å². The third kappa shape index (κ3) is 5.77. The average Bonchev–Trinajstić information content (AvgIpc) is 3.03. The normalized spacial score (nSPS) is 25.4. The van der Waals surface area contributed by atoms with Gasteiger partial charge in [0.05, 0.1) is 25.2 Å². The van der Waals surface area contributed by atoms with Crippen LogP contribution >= 0.6 is 24.0 Å². The Morgan fingerprint density at radius 1 is 1.20 bits per heavy atom. The standard InChI is InChI=1S/C23H41NO3S2Si/c1-15(2)21-14-29-23(28)24(21)22(25)12-19-10-9-11-20(27-19)13-26-30(16(3)4,17(5)6)18(7)8/h9-10,15-21H,11-14H2,1-8H3/t19-,20-,21-/m0/s1. The molecule has 30 heavy (non-hydrogen) atoms. The van der Waals surface area contributed by atoms with Crippen molar-refractivity contribution in [3.63, 3.8) is 0 Å². The first-order valence-electron chi connectivity index (χ1n) is 11.5. The molecule has 3 atom stereocenters. The van der Waals surface area contributed by atoms with Crippen molar-refractivity contribution in [3.05, 3.63) is 12.2 Å². The number of amides is 1. The molecule has 0 aromatic rings. The van der Waals surface area contributed by atoms with Crippen LogP contribution in [0.15, 0.2) is 12.2 Å². The minimum absolute atomic E-state index is 0.0109. The van der Waals surface area contributed by atoms with Crippen LogP contribution in [0.25, 0.3) is 0 Å². The molecule has 1 fully saturated rings. The lowest BCUT2D eigenvalue weighted by Crippen LogP contribution is -2.49. The van der Waals surface area contributed by atoms with Gasteiger partial charge in [0.15, 0.2) is 8.32 Å². The molecule has 0 saturated carbocycles. The van der Waals surface area contributed by atoms with Crippen LogP contribution in [-0.2, 0) is 14.0 Å². The van der Waals surface area contributed by atoms with Gasteiger partial charge < -0.3 is 9.16 Å². The molecule has 2 rings (SSSR count). The minimum atomic E-state index is -1.92. The lowest BCUT2D eigenvalue weighted by molar-refractivity contribution is -0.132. The first kappa shape index (κ1) is 26.0. The van der Waals surface area contributed by atoms with E-state index in [1.54, 1.807) is 11.8 Å². The summed E-state index contributed by atoms with van der Waals surface area (Å²) in [7, 11) is -1.92. The van der Waals surface area contributed by atoms with E-state index >= 15 is 0 Å². The van der Waals surface area contributed by atoms with Crippen molar-refractivity contribution in [2.75, 3.05) is 12.4 Å². The zero-order valence-corrected chi connectivity index (χ0v) is 22.6. The van der Waals surface area contributed by atoms with Gasteiger partial charge in [-0.3, -0.25) is 9.69 Å². The molecule has 0 aliphatic carbocycles. The third-order valence-electron chi connectivity index (χ3n) is 6.66. The number of hydrogen-bond acceptors (Lipinski definition) is 5. The number of hydrogen-bond donors (Lipinski definition) is 0. The SMILES string of the molecule is CC(C)[C@@H]1CSC(=S)N1C(=O)C[C@@H]1C=CC[C@@H](CO[Si](C(C)C)(C(C)C)C(C)C)O1. The second-order valence-electron chi connectivity index (χ2n) is 9.95. The molecule has 1 amide bonds. The number of rotatable bonds is 9. The summed E-state index contributed by atoms with van der Waals surface area (Å²) in [6.07, 6.45) is 5.18. The maximum absolute atomic E-state index is 13.0. The summed E-state index contributed by atoms with van der Waals surface area (Å²) in [5.74, 6) is 1.37. The quantitative estimate of drug-likeness (QED) is 0.228. The van der Waals surface area contributed by atoms with Crippen LogP contribution in [0.3, 0.4) is 0 Å². The van der Waals surface area contributed by atoms with Crippen molar-refractivity contribution >= 4 is 42.5 Å². The molecule has 172 valence electrons. The van der Waals surface area contributed by atoms with E-state index in [0.717, 1.165) is 12.2 Å². The fraction of sp³-hybridized carbons (Fsp3) is 0.826. The molecule has 4 nitrogen and oxygen atoms in total. The van der Waals surface area contributed by atoms with E-state index in [2.05, 4.69) is 61.5 Å². The fourth-order valence-corrected chi connectivity index (χ4v) is 12.3. The topological polar surface area (TPSA) is 38.8 Å². The van der Waals surface area contributed by atoms with E-state index in [1.807, 2.05) is 11.0 Å². The van der Waals surface area contributed by atoms with E-state index in [1.165, 1.54) is 0 Å².